The van der Waals surface area contributed by atoms with Gasteiger partial charge < -0.3 is 14.7 Å². The van der Waals surface area contributed by atoms with Crippen molar-refractivity contribution in [3.8, 4) is 5.75 Å². The Morgan fingerprint density at radius 3 is 2.35 bits per heavy atom. The molecule has 110 valence electrons. The number of carbonyl (C=O) groups is 2. The van der Waals surface area contributed by atoms with E-state index in [-0.39, 0.29) is 18.4 Å². The molecule has 1 N–H and O–H groups in total. The maximum absolute atomic E-state index is 12.0. The number of carboxylic acids is 1. The van der Waals surface area contributed by atoms with Crippen molar-refractivity contribution >= 4 is 11.9 Å². The molecular formula is C15H21NO4. The van der Waals surface area contributed by atoms with Gasteiger partial charge in [-0.25, -0.2) is 0 Å². The first-order chi connectivity index (χ1) is 9.47. The predicted octanol–water partition coefficient (Wildman–Crippen LogP) is 2.12. The van der Waals surface area contributed by atoms with Crippen molar-refractivity contribution in [3.63, 3.8) is 0 Å². The number of benzene rings is 1. The fourth-order valence-corrected chi connectivity index (χ4v) is 2.03. The van der Waals surface area contributed by atoms with E-state index in [1.54, 1.807) is 7.11 Å². The van der Waals surface area contributed by atoms with Crippen molar-refractivity contribution in [2.45, 2.75) is 25.7 Å². The molecule has 0 fully saturated rings. The third kappa shape index (κ3) is 4.57. The minimum absolute atomic E-state index is 0.0876. The summed E-state index contributed by atoms with van der Waals surface area (Å²) in [5, 5.41) is 8.69. The Labute approximate surface area is 119 Å². The molecule has 0 aliphatic heterocycles. The zero-order valence-corrected chi connectivity index (χ0v) is 12.1. The first kappa shape index (κ1) is 16.0. The second kappa shape index (κ2) is 7.53. The molecule has 0 radical (unpaired) electrons. The fraction of sp³-hybridized carbons (Fsp3) is 0.467. The second-order valence-corrected chi connectivity index (χ2v) is 4.73. The summed E-state index contributed by atoms with van der Waals surface area (Å²) in [7, 11) is 3.12. The average Bonchev–Trinajstić information content (AvgIpc) is 2.43. The van der Waals surface area contributed by atoms with Crippen LogP contribution in [0.2, 0.25) is 0 Å². The zero-order valence-electron chi connectivity index (χ0n) is 12.1. The van der Waals surface area contributed by atoms with Gasteiger partial charge in [0.05, 0.1) is 7.11 Å². The summed E-state index contributed by atoms with van der Waals surface area (Å²) < 4.78 is 5.11. The molecule has 0 aliphatic rings. The van der Waals surface area contributed by atoms with Crippen LogP contribution >= 0.6 is 0 Å². The van der Waals surface area contributed by atoms with Gasteiger partial charge in [-0.15, -0.1) is 0 Å². The molecule has 0 bridgehead atoms. The van der Waals surface area contributed by atoms with Gasteiger partial charge in [0.2, 0.25) is 5.91 Å². The summed E-state index contributed by atoms with van der Waals surface area (Å²) in [6, 6.07) is 7.61. The van der Waals surface area contributed by atoms with E-state index in [0.29, 0.717) is 6.42 Å². The quantitative estimate of drug-likeness (QED) is 0.830. The van der Waals surface area contributed by atoms with Crippen LogP contribution in [0, 0.1) is 0 Å². The van der Waals surface area contributed by atoms with Crippen LogP contribution in [0.1, 0.15) is 31.2 Å². The number of nitrogens with zero attached hydrogens (tertiary/aromatic N) is 1. The molecule has 1 amide bonds. The van der Waals surface area contributed by atoms with Crippen molar-refractivity contribution < 1.29 is 19.4 Å². The van der Waals surface area contributed by atoms with Crippen molar-refractivity contribution in [2.24, 2.45) is 0 Å². The summed E-state index contributed by atoms with van der Waals surface area (Å²) >= 11 is 0. The number of ether oxygens (including phenoxy) is 1. The van der Waals surface area contributed by atoms with E-state index >= 15 is 0 Å². The molecule has 0 saturated carbocycles. The lowest BCUT2D eigenvalue weighted by Crippen LogP contribution is -2.32. The normalized spacial score (nSPS) is 11.8. The van der Waals surface area contributed by atoms with Gasteiger partial charge in [-0.2, -0.15) is 0 Å². The molecule has 0 saturated heterocycles. The summed E-state index contributed by atoms with van der Waals surface area (Å²) in [4.78, 5) is 23.8. The maximum atomic E-state index is 12.0. The van der Waals surface area contributed by atoms with E-state index in [2.05, 4.69) is 0 Å². The van der Waals surface area contributed by atoms with Gasteiger partial charge in [0.1, 0.15) is 12.3 Å². The first-order valence-electron chi connectivity index (χ1n) is 6.57. The lowest BCUT2D eigenvalue weighted by Gasteiger charge is -2.20. The first-order valence-corrected chi connectivity index (χ1v) is 6.57. The van der Waals surface area contributed by atoms with Crippen LogP contribution in [0.3, 0.4) is 0 Å². The third-order valence-electron chi connectivity index (χ3n) is 3.30. The van der Waals surface area contributed by atoms with Crippen LogP contribution in [-0.2, 0) is 9.59 Å². The molecule has 20 heavy (non-hydrogen) atoms. The van der Waals surface area contributed by atoms with Crippen molar-refractivity contribution in [3.05, 3.63) is 29.8 Å². The van der Waals surface area contributed by atoms with E-state index < -0.39 is 5.97 Å². The molecule has 0 aromatic heterocycles. The van der Waals surface area contributed by atoms with Gasteiger partial charge in [0.25, 0.3) is 0 Å². The van der Waals surface area contributed by atoms with Gasteiger partial charge in [0.15, 0.2) is 0 Å². The van der Waals surface area contributed by atoms with Gasteiger partial charge >= 0.3 is 5.97 Å². The van der Waals surface area contributed by atoms with Crippen molar-refractivity contribution in [1.82, 2.24) is 4.90 Å². The lowest BCUT2D eigenvalue weighted by molar-refractivity contribution is -0.143. The van der Waals surface area contributed by atoms with E-state index in [0.717, 1.165) is 17.7 Å². The van der Waals surface area contributed by atoms with Crippen molar-refractivity contribution in [2.75, 3.05) is 20.7 Å². The number of likely N-dealkylation sites (N-methyl/N-ethyl adjacent to an activating group) is 1. The number of carboxylic acid groups (broad SMARTS) is 1. The van der Waals surface area contributed by atoms with Gasteiger partial charge in [0, 0.05) is 13.5 Å². The topological polar surface area (TPSA) is 66.8 Å². The average molecular weight is 279 g/mol. The maximum Gasteiger partial charge on any atom is 0.323 e. The van der Waals surface area contributed by atoms with E-state index in [4.69, 9.17) is 9.84 Å². The van der Waals surface area contributed by atoms with E-state index in [1.807, 2.05) is 31.2 Å². The fourth-order valence-electron chi connectivity index (χ4n) is 2.03. The Kier molecular flexibility index (Phi) is 6.03. The van der Waals surface area contributed by atoms with Gasteiger partial charge in [-0.1, -0.05) is 19.1 Å². The highest BCUT2D eigenvalue weighted by molar-refractivity contribution is 5.81. The highest BCUT2D eigenvalue weighted by Gasteiger charge is 2.18. The smallest absolute Gasteiger partial charge is 0.323 e. The number of hydrogen-bond acceptors (Lipinski definition) is 3. The number of aliphatic carboxylic acids is 1. The molecule has 5 nitrogen and oxygen atoms in total. The Morgan fingerprint density at radius 1 is 1.30 bits per heavy atom. The van der Waals surface area contributed by atoms with Crippen LogP contribution in [0.4, 0.5) is 0 Å². The van der Waals surface area contributed by atoms with E-state index in [1.165, 1.54) is 11.9 Å². The highest BCUT2D eigenvalue weighted by atomic mass is 16.5. The van der Waals surface area contributed by atoms with Crippen molar-refractivity contribution in [1.29, 1.82) is 0 Å². The molecule has 0 aliphatic carbocycles. The number of carbonyl (C=O) groups excluding carboxylic acids is 1. The molecule has 1 aromatic carbocycles. The van der Waals surface area contributed by atoms with Crippen LogP contribution in [0.15, 0.2) is 24.3 Å². The minimum Gasteiger partial charge on any atom is -0.497 e. The Morgan fingerprint density at radius 2 is 1.90 bits per heavy atom. The Hall–Kier alpha value is -2.04. The largest absolute Gasteiger partial charge is 0.497 e. The molecule has 0 heterocycles. The molecular weight excluding hydrogens is 258 g/mol. The van der Waals surface area contributed by atoms with Gasteiger partial charge in [-0.05, 0) is 30.0 Å². The molecule has 1 aromatic rings. The van der Waals surface area contributed by atoms with E-state index in [9.17, 15) is 9.59 Å². The number of rotatable bonds is 7. The summed E-state index contributed by atoms with van der Waals surface area (Å²) in [6.45, 7) is 1.75. The minimum atomic E-state index is -1.00. The highest BCUT2D eigenvalue weighted by Crippen LogP contribution is 2.25. The number of methoxy groups -OCH3 is 1. The molecule has 1 rings (SSSR count). The second-order valence-electron chi connectivity index (χ2n) is 4.73. The summed E-state index contributed by atoms with van der Waals surface area (Å²) in [5.74, 6) is -0.295. The van der Waals surface area contributed by atoms with Gasteiger partial charge in [-0.3, -0.25) is 9.59 Å². The molecule has 5 heteroatoms. The third-order valence-corrected chi connectivity index (χ3v) is 3.30. The molecule has 1 unspecified atom stereocenters. The van der Waals surface area contributed by atoms with Crippen LogP contribution < -0.4 is 4.74 Å². The summed E-state index contributed by atoms with van der Waals surface area (Å²) in [5.41, 5.74) is 1.06. The predicted molar refractivity (Wildman–Crippen MR) is 75.9 cm³/mol. The molecule has 1 atom stereocenters. The van der Waals surface area contributed by atoms with Crippen LogP contribution in [-0.4, -0.2) is 42.6 Å². The number of amides is 1. The monoisotopic (exact) mass is 279 g/mol. The SMILES string of the molecule is CCC(CC(=O)N(C)CC(=O)O)c1ccc(OC)cc1. The van der Waals surface area contributed by atoms with Crippen LogP contribution in [0.5, 0.6) is 5.75 Å². The lowest BCUT2D eigenvalue weighted by atomic mass is 9.92. The summed E-state index contributed by atoms with van der Waals surface area (Å²) in [6.07, 6.45) is 1.13. The number of hydrogen-bond donors (Lipinski definition) is 1. The molecule has 0 spiro atoms. The zero-order chi connectivity index (χ0) is 15.1. The Balaban J connectivity index is 2.70. The van der Waals surface area contributed by atoms with Crippen LogP contribution in [0.25, 0.3) is 0 Å². The standard InChI is InChI=1S/C15H21NO4/c1-4-11(9-14(17)16(2)10-15(18)19)12-5-7-13(20-3)8-6-12/h5-8,11H,4,9-10H2,1-3H3,(H,18,19). The Bertz CT molecular complexity index is 455.